The van der Waals surface area contributed by atoms with Crippen molar-refractivity contribution in [2.75, 3.05) is 13.1 Å². The third kappa shape index (κ3) is 3.50. The van der Waals surface area contributed by atoms with Crippen molar-refractivity contribution < 1.29 is 4.79 Å². The molecule has 1 aliphatic rings. The molecule has 0 aliphatic carbocycles. The number of nitrogens with zero attached hydrogens (tertiary/aromatic N) is 4. The van der Waals surface area contributed by atoms with Gasteiger partial charge < -0.3 is 4.90 Å². The van der Waals surface area contributed by atoms with Crippen LogP contribution < -0.4 is 0 Å². The van der Waals surface area contributed by atoms with Crippen molar-refractivity contribution >= 4 is 17.2 Å². The molecule has 0 bridgehead atoms. The molecular formula is C15H20N4OS. The summed E-state index contributed by atoms with van der Waals surface area (Å²) in [6, 6.07) is 0.316. The van der Waals surface area contributed by atoms with Crippen molar-refractivity contribution in [3.63, 3.8) is 0 Å². The topological polar surface area (TPSA) is 51.0 Å². The second-order valence-electron chi connectivity index (χ2n) is 5.56. The van der Waals surface area contributed by atoms with E-state index < -0.39 is 0 Å². The standard InChI is InChI=1S/C15H20N4OS/c1-12-9-17-19(10-12)13-3-2-7-18(11-13)15(20)5-4-14-16-6-8-21-14/h6,8-10,13H,2-5,7,11H2,1H3. The lowest BCUT2D eigenvalue weighted by Gasteiger charge is -2.33. The van der Waals surface area contributed by atoms with Crippen LogP contribution in [0.5, 0.6) is 0 Å². The Kier molecular flexibility index (Phi) is 4.34. The number of thiazole rings is 1. The molecule has 1 atom stereocenters. The van der Waals surface area contributed by atoms with Crippen molar-refractivity contribution in [3.05, 3.63) is 34.5 Å². The molecule has 0 radical (unpaired) electrons. The number of amides is 1. The van der Waals surface area contributed by atoms with Crippen molar-refractivity contribution in [2.24, 2.45) is 0 Å². The third-order valence-electron chi connectivity index (χ3n) is 3.89. The van der Waals surface area contributed by atoms with Crippen LogP contribution >= 0.6 is 11.3 Å². The van der Waals surface area contributed by atoms with Gasteiger partial charge in [-0.25, -0.2) is 4.98 Å². The Morgan fingerprint density at radius 3 is 3.14 bits per heavy atom. The molecule has 1 aliphatic heterocycles. The molecule has 1 unspecified atom stereocenters. The lowest BCUT2D eigenvalue weighted by molar-refractivity contribution is -0.132. The van der Waals surface area contributed by atoms with Gasteiger partial charge in [-0.3, -0.25) is 9.48 Å². The van der Waals surface area contributed by atoms with Crippen molar-refractivity contribution in [2.45, 2.75) is 38.6 Å². The van der Waals surface area contributed by atoms with Crippen LogP contribution in [-0.4, -0.2) is 38.7 Å². The Morgan fingerprint density at radius 2 is 2.43 bits per heavy atom. The van der Waals surface area contributed by atoms with Gasteiger partial charge in [-0.1, -0.05) is 0 Å². The van der Waals surface area contributed by atoms with E-state index in [9.17, 15) is 4.79 Å². The van der Waals surface area contributed by atoms with Gasteiger partial charge >= 0.3 is 0 Å². The number of carbonyl (C=O) groups excluding carboxylic acids is 1. The van der Waals surface area contributed by atoms with Gasteiger partial charge in [-0.2, -0.15) is 5.10 Å². The van der Waals surface area contributed by atoms with Crippen LogP contribution in [0.1, 0.15) is 35.9 Å². The van der Waals surface area contributed by atoms with Gasteiger partial charge in [0.1, 0.15) is 0 Å². The summed E-state index contributed by atoms with van der Waals surface area (Å²) in [7, 11) is 0. The zero-order valence-electron chi connectivity index (χ0n) is 12.2. The number of rotatable bonds is 4. The molecule has 2 aromatic rings. The number of hydrogen-bond donors (Lipinski definition) is 0. The average Bonchev–Trinajstić information content (AvgIpc) is 3.16. The Hall–Kier alpha value is -1.69. The molecule has 1 amide bonds. The number of aromatic nitrogens is 3. The normalized spacial score (nSPS) is 18.9. The van der Waals surface area contributed by atoms with E-state index in [1.807, 2.05) is 28.1 Å². The Morgan fingerprint density at radius 1 is 1.52 bits per heavy atom. The molecule has 112 valence electrons. The van der Waals surface area contributed by atoms with Gasteiger partial charge in [0.25, 0.3) is 0 Å². The number of hydrogen-bond acceptors (Lipinski definition) is 4. The summed E-state index contributed by atoms with van der Waals surface area (Å²) in [6.45, 7) is 3.69. The first-order valence-electron chi connectivity index (χ1n) is 7.39. The summed E-state index contributed by atoms with van der Waals surface area (Å²) in [5.74, 6) is 0.235. The van der Waals surface area contributed by atoms with Crippen LogP contribution in [0, 0.1) is 6.92 Å². The summed E-state index contributed by atoms with van der Waals surface area (Å²) >= 11 is 1.62. The summed E-state index contributed by atoms with van der Waals surface area (Å²) in [6.07, 6.45) is 9.18. The van der Waals surface area contributed by atoms with Crippen molar-refractivity contribution in [1.82, 2.24) is 19.7 Å². The van der Waals surface area contributed by atoms with Crippen LogP contribution in [-0.2, 0) is 11.2 Å². The molecule has 0 N–H and O–H groups in total. The van der Waals surface area contributed by atoms with E-state index in [4.69, 9.17) is 0 Å². The highest BCUT2D eigenvalue weighted by Crippen LogP contribution is 2.22. The van der Waals surface area contributed by atoms with Crippen LogP contribution in [0.2, 0.25) is 0 Å². The second-order valence-corrected chi connectivity index (χ2v) is 6.54. The molecule has 0 saturated carbocycles. The predicted molar refractivity (Wildman–Crippen MR) is 82.3 cm³/mol. The average molecular weight is 304 g/mol. The Bertz CT molecular complexity index is 593. The van der Waals surface area contributed by atoms with E-state index in [0.717, 1.165) is 37.4 Å². The molecule has 1 fully saturated rings. The molecule has 1 saturated heterocycles. The van der Waals surface area contributed by atoms with Gasteiger partial charge in [0, 0.05) is 43.7 Å². The van der Waals surface area contributed by atoms with Crippen LogP contribution in [0.3, 0.4) is 0 Å². The third-order valence-corrected chi connectivity index (χ3v) is 4.73. The molecule has 3 heterocycles. The molecule has 6 heteroatoms. The van der Waals surface area contributed by atoms with E-state index in [2.05, 4.69) is 16.3 Å². The zero-order chi connectivity index (χ0) is 14.7. The fourth-order valence-electron chi connectivity index (χ4n) is 2.78. The van der Waals surface area contributed by atoms with Gasteiger partial charge in [0.2, 0.25) is 5.91 Å². The van der Waals surface area contributed by atoms with E-state index >= 15 is 0 Å². The predicted octanol–water partition coefficient (Wildman–Crippen LogP) is 2.44. The van der Waals surface area contributed by atoms with Crippen LogP contribution in [0.25, 0.3) is 0 Å². The summed E-state index contributed by atoms with van der Waals surface area (Å²) in [5, 5.41) is 7.39. The highest BCUT2D eigenvalue weighted by atomic mass is 32.1. The molecule has 3 rings (SSSR count). The van der Waals surface area contributed by atoms with E-state index in [1.54, 1.807) is 17.5 Å². The van der Waals surface area contributed by atoms with Crippen LogP contribution in [0.15, 0.2) is 24.0 Å². The highest BCUT2D eigenvalue weighted by Gasteiger charge is 2.24. The van der Waals surface area contributed by atoms with E-state index in [0.29, 0.717) is 12.5 Å². The Balaban J connectivity index is 1.56. The van der Waals surface area contributed by atoms with E-state index in [1.165, 1.54) is 5.56 Å². The number of piperidine rings is 1. The van der Waals surface area contributed by atoms with Crippen molar-refractivity contribution in [3.8, 4) is 0 Å². The largest absolute Gasteiger partial charge is 0.341 e. The molecular weight excluding hydrogens is 284 g/mol. The van der Waals surface area contributed by atoms with Crippen LogP contribution in [0.4, 0.5) is 0 Å². The van der Waals surface area contributed by atoms with Gasteiger partial charge in [-0.15, -0.1) is 11.3 Å². The first-order valence-corrected chi connectivity index (χ1v) is 8.27. The number of likely N-dealkylation sites (tertiary alicyclic amines) is 1. The highest BCUT2D eigenvalue weighted by molar-refractivity contribution is 7.09. The first-order chi connectivity index (χ1) is 10.2. The van der Waals surface area contributed by atoms with Gasteiger partial charge in [0.05, 0.1) is 17.2 Å². The number of aryl methyl sites for hydroxylation is 2. The minimum absolute atomic E-state index is 0.235. The molecule has 5 nitrogen and oxygen atoms in total. The maximum Gasteiger partial charge on any atom is 0.223 e. The minimum Gasteiger partial charge on any atom is -0.341 e. The van der Waals surface area contributed by atoms with E-state index in [-0.39, 0.29) is 5.91 Å². The van der Waals surface area contributed by atoms with Crippen molar-refractivity contribution in [1.29, 1.82) is 0 Å². The minimum atomic E-state index is 0.235. The maximum atomic E-state index is 12.3. The fraction of sp³-hybridized carbons (Fsp3) is 0.533. The quantitative estimate of drug-likeness (QED) is 0.872. The summed E-state index contributed by atoms with van der Waals surface area (Å²) in [4.78, 5) is 18.6. The summed E-state index contributed by atoms with van der Waals surface area (Å²) < 4.78 is 2.01. The lowest BCUT2D eigenvalue weighted by atomic mass is 10.1. The summed E-state index contributed by atoms with van der Waals surface area (Å²) in [5.41, 5.74) is 1.17. The monoisotopic (exact) mass is 304 g/mol. The zero-order valence-corrected chi connectivity index (χ0v) is 13.1. The fourth-order valence-corrected chi connectivity index (χ4v) is 3.40. The molecule has 0 aromatic carbocycles. The molecule has 21 heavy (non-hydrogen) atoms. The first kappa shape index (κ1) is 14.3. The number of carbonyl (C=O) groups is 1. The smallest absolute Gasteiger partial charge is 0.223 e. The lowest BCUT2D eigenvalue weighted by Crippen LogP contribution is -2.40. The molecule has 2 aromatic heterocycles. The van der Waals surface area contributed by atoms with Gasteiger partial charge in [-0.05, 0) is 25.3 Å². The second kappa shape index (κ2) is 6.39. The maximum absolute atomic E-state index is 12.3. The molecule has 0 spiro atoms. The SMILES string of the molecule is Cc1cnn(C2CCCN(C(=O)CCc3nccs3)C2)c1. The van der Waals surface area contributed by atoms with Gasteiger partial charge in [0.15, 0.2) is 0 Å². The Labute approximate surface area is 128 Å².